The van der Waals surface area contributed by atoms with Gasteiger partial charge < -0.3 is 81.3 Å². The van der Waals surface area contributed by atoms with Gasteiger partial charge in [-0.1, -0.05) is 25.7 Å². The van der Waals surface area contributed by atoms with Gasteiger partial charge in [0.2, 0.25) is 0 Å². The van der Waals surface area contributed by atoms with Gasteiger partial charge in [-0.2, -0.15) is 25.7 Å². The molecule has 28 heteroatoms. The normalized spacial score (nSPS) is 30.1. The van der Waals surface area contributed by atoms with Crippen LogP contribution < -0.4 is 0 Å². The monoisotopic (exact) mass is 1730 g/mol. The second-order valence-electron chi connectivity index (χ2n) is 22.1. The van der Waals surface area contributed by atoms with Crippen molar-refractivity contribution in [1.29, 1.82) is 0 Å². The predicted molar refractivity (Wildman–Crippen MR) is 324 cm³/mol. The first-order valence-corrected chi connectivity index (χ1v) is 35.2. The summed E-state index contributed by atoms with van der Waals surface area (Å²) < 4.78 is 114. The second-order valence-corrected chi connectivity index (χ2v) is 29.9. The van der Waals surface area contributed by atoms with Crippen molar-refractivity contribution in [2.75, 3.05) is 26.7 Å². The molecule has 0 aromatic heterocycles. The number of aliphatic hydroxyl groups is 4. The summed E-state index contributed by atoms with van der Waals surface area (Å²) in [6.45, 7) is 35.5. The van der Waals surface area contributed by atoms with Gasteiger partial charge >= 0.3 is 226 Å². The Hall–Kier alpha value is 6.57. The molecule has 4 aliphatic carbocycles. The van der Waals surface area contributed by atoms with Crippen molar-refractivity contribution >= 4 is 226 Å². The maximum absolute atomic E-state index is 12.2. The molecule has 4 saturated carbocycles. The zero-order chi connectivity index (χ0) is 58.5. The SMILES string of the molecule is CC(C)OC1CC[CH-]C(OP(C)(=O)OC(C)C)C1O.CC(C)OC1CC[CH-]C(OP(C)(=O)OC(C)C)C1O.CC(C)OC1CC[CH-]C(OP(C)(=O)OC(C)C)C1O.CC(C)OC1CC[CH-]C(OP(C)(=O)OC(C)C)C1O.[Ba+2].[Ba+2].[Ba+2].[Ba+2].[H-].[H-].[H-].[H-]. The van der Waals surface area contributed by atoms with Crippen LogP contribution >= 0.6 is 30.4 Å². The van der Waals surface area contributed by atoms with Crippen molar-refractivity contribution in [1.82, 2.24) is 0 Å². The molecule has 20 nitrogen and oxygen atoms in total. The van der Waals surface area contributed by atoms with Crippen LogP contribution in [0.25, 0.3) is 0 Å². The Bertz CT molecular complexity index is 1570. The van der Waals surface area contributed by atoms with E-state index >= 15 is 0 Å². The smallest absolute Gasteiger partial charge is 1.00 e. The van der Waals surface area contributed by atoms with Crippen molar-refractivity contribution in [2.24, 2.45) is 0 Å². The van der Waals surface area contributed by atoms with Gasteiger partial charge in [0, 0.05) is 26.7 Å². The molecule has 0 amide bonds. The van der Waals surface area contributed by atoms with Crippen LogP contribution in [0.3, 0.4) is 0 Å². The van der Waals surface area contributed by atoms with Crippen molar-refractivity contribution < 1.29 is 99.5 Å². The van der Waals surface area contributed by atoms with Crippen LogP contribution in [0.15, 0.2) is 0 Å². The van der Waals surface area contributed by atoms with Gasteiger partial charge in [0.1, 0.15) is 0 Å². The quantitative estimate of drug-likeness (QED) is 0.0398. The molecule has 4 rings (SSSR count). The third-order valence-electron chi connectivity index (χ3n) is 10.9. The zero-order valence-corrected chi connectivity index (χ0v) is 73.8. The van der Waals surface area contributed by atoms with Gasteiger partial charge in [-0.3, -0.25) is 43.9 Å². The molecule has 4 aliphatic rings. The Morgan fingerprint density at radius 3 is 0.600 bits per heavy atom. The number of hydrogen-bond donors (Lipinski definition) is 4. The molecule has 0 heterocycles. The van der Waals surface area contributed by atoms with Gasteiger partial charge in [0.05, 0.1) is 97.7 Å². The van der Waals surface area contributed by atoms with E-state index in [1.165, 1.54) is 26.7 Å². The van der Waals surface area contributed by atoms with Crippen molar-refractivity contribution in [3.05, 3.63) is 25.7 Å². The maximum Gasteiger partial charge on any atom is 2.00 e. The molecule has 16 atom stereocenters. The Labute approximate surface area is 651 Å². The topological polar surface area (TPSA) is 260 Å². The molecule has 0 aromatic carbocycles. The molecule has 0 aromatic rings. The number of rotatable bonds is 24. The minimum Gasteiger partial charge on any atom is -1.00 e. The second kappa shape index (κ2) is 46.6. The van der Waals surface area contributed by atoms with E-state index in [0.29, 0.717) is 0 Å². The Morgan fingerprint density at radius 2 is 0.475 bits per heavy atom. The van der Waals surface area contributed by atoms with E-state index in [2.05, 4.69) is 0 Å². The Kier molecular flexibility index (Phi) is 54.2. The summed E-state index contributed by atoms with van der Waals surface area (Å²) in [6.07, 6.45) is 6.07. The van der Waals surface area contributed by atoms with E-state index in [1.54, 1.807) is 55.4 Å². The van der Waals surface area contributed by atoms with Gasteiger partial charge in [0.15, 0.2) is 0 Å². The van der Waals surface area contributed by atoms with Crippen LogP contribution in [-0.2, 0) is 73.4 Å². The summed E-state index contributed by atoms with van der Waals surface area (Å²) in [5.74, 6) is 0. The molecule has 0 spiro atoms. The average Bonchev–Trinajstić information content (AvgIpc) is 3.22. The first-order chi connectivity index (χ1) is 34.8. The van der Waals surface area contributed by atoms with Crippen molar-refractivity contribution in [3.8, 4) is 0 Å². The zero-order valence-electron chi connectivity index (χ0n) is 56.5. The van der Waals surface area contributed by atoms with E-state index < -0.39 is 79.2 Å². The van der Waals surface area contributed by atoms with Crippen LogP contribution in [0.5, 0.6) is 0 Å². The number of ether oxygens (including phenoxy) is 4. The fourth-order valence-corrected chi connectivity index (χ4v) is 14.6. The molecule has 0 aliphatic heterocycles. The largest absolute Gasteiger partial charge is 2.00 e. The van der Waals surface area contributed by atoms with Crippen LogP contribution in [0.2, 0.25) is 0 Å². The van der Waals surface area contributed by atoms with Crippen LogP contribution in [0, 0.1) is 25.7 Å². The fraction of sp³-hybridized carbons (Fsp3) is 0.923. The standard InChI is InChI=1S/4C13H26O5P.4Ba.4H/c4*1-9(2)16-11-7-6-8-12(13(11)14)18-19(5,15)17-10(3)4;;;;;;;;/h4*8-14H,6-7H2,1-5H3;;;;;;;;/q4*-1;4*+2;4*-1. The van der Waals surface area contributed by atoms with Gasteiger partial charge in [-0.15, -0.1) is 0 Å². The Balaban J connectivity index is -0.000000148. The summed E-state index contributed by atoms with van der Waals surface area (Å²) >= 11 is 0. The third kappa shape index (κ3) is 42.0. The molecular formula is C52H108Ba4O20P4. The van der Waals surface area contributed by atoms with Crippen LogP contribution in [0.1, 0.15) is 168 Å². The molecule has 0 radical (unpaired) electrons. The summed E-state index contributed by atoms with van der Waals surface area (Å²) in [4.78, 5) is 0. The van der Waals surface area contributed by atoms with E-state index in [9.17, 15) is 38.7 Å². The van der Waals surface area contributed by atoms with E-state index in [4.69, 9.17) is 55.1 Å². The maximum atomic E-state index is 12.2. The molecule has 0 bridgehead atoms. The van der Waals surface area contributed by atoms with Crippen molar-refractivity contribution in [2.45, 2.75) is 284 Å². The number of aliphatic hydroxyl groups excluding tert-OH is 4. The molecular weight excluding hydrogens is 1620 g/mol. The summed E-state index contributed by atoms with van der Waals surface area (Å²) in [7, 11) is -12.6. The van der Waals surface area contributed by atoms with Gasteiger partial charge in [-0.25, -0.2) is 0 Å². The molecule has 4 N–H and O–H groups in total. The average molecular weight is 1730 g/mol. The van der Waals surface area contributed by atoms with E-state index in [1.807, 2.05) is 81.1 Å². The molecule has 4 fully saturated rings. The minimum atomic E-state index is -3.16. The van der Waals surface area contributed by atoms with Gasteiger partial charge in [-0.05, 0) is 135 Å². The summed E-state index contributed by atoms with van der Waals surface area (Å²) in [6, 6.07) is 0. The summed E-state index contributed by atoms with van der Waals surface area (Å²) in [5.41, 5.74) is 0. The first kappa shape index (κ1) is 93.0. The first-order valence-electron chi connectivity index (χ1n) is 27.3. The number of hydrogen-bond acceptors (Lipinski definition) is 20. The molecule has 0 saturated heterocycles. The van der Waals surface area contributed by atoms with E-state index in [-0.39, 0.29) is 274 Å². The third-order valence-corrected chi connectivity index (χ3v) is 16.6. The minimum absolute atomic E-state index is 0. The van der Waals surface area contributed by atoms with Crippen LogP contribution in [-0.4, -0.2) is 365 Å². The summed E-state index contributed by atoms with van der Waals surface area (Å²) in [5, 5.41) is 40.9. The van der Waals surface area contributed by atoms with Crippen LogP contribution in [0.4, 0.5) is 0 Å². The van der Waals surface area contributed by atoms with E-state index in [0.717, 1.165) is 51.4 Å². The molecule has 464 valence electrons. The fourth-order valence-electron chi connectivity index (χ4n) is 8.72. The van der Waals surface area contributed by atoms with Crippen molar-refractivity contribution in [3.63, 3.8) is 0 Å². The van der Waals surface area contributed by atoms with Gasteiger partial charge in [0.25, 0.3) is 0 Å². The molecule has 80 heavy (non-hydrogen) atoms. The Morgan fingerprint density at radius 1 is 0.325 bits per heavy atom. The predicted octanol–water partition coefficient (Wildman–Crippen LogP) is 10.0. The molecule has 16 unspecified atom stereocenters.